The lowest BCUT2D eigenvalue weighted by atomic mass is 10.0. The van der Waals surface area contributed by atoms with Crippen molar-refractivity contribution < 1.29 is 13.2 Å². The SMILES string of the molecule is Cc1cccc(CCNC(=O)[C@@H](CC(C)C)NS(=O)(=O)c2ccc3nc(C)sc3c2)c1. The van der Waals surface area contributed by atoms with Gasteiger partial charge in [0.15, 0.2) is 0 Å². The first-order valence-corrected chi connectivity index (χ1v) is 12.7. The fourth-order valence-corrected chi connectivity index (χ4v) is 5.62. The summed E-state index contributed by atoms with van der Waals surface area (Å²) in [5, 5.41) is 3.77. The number of sulfonamides is 1. The minimum Gasteiger partial charge on any atom is -0.354 e. The van der Waals surface area contributed by atoms with Gasteiger partial charge in [0.1, 0.15) is 6.04 Å². The molecule has 3 rings (SSSR count). The lowest BCUT2D eigenvalue weighted by molar-refractivity contribution is -0.123. The number of benzene rings is 2. The third kappa shape index (κ3) is 6.35. The predicted molar refractivity (Wildman–Crippen MR) is 126 cm³/mol. The Labute approximate surface area is 188 Å². The maximum atomic E-state index is 13.0. The fourth-order valence-electron chi connectivity index (χ4n) is 3.44. The highest BCUT2D eigenvalue weighted by Crippen LogP contribution is 2.25. The van der Waals surface area contributed by atoms with Crippen LogP contribution >= 0.6 is 11.3 Å². The molecule has 0 radical (unpaired) electrons. The van der Waals surface area contributed by atoms with Crippen LogP contribution in [-0.4, -0.2) is 31.9 Å². The number of fused-ring (bicyclic) bond motifs is 1. The van der Waals surface area contributed by atoms with Crippen molar-refractivity contribution in [3.8, 4) is 0 Å². The summed E-state index contributed by atoms with van der Waals surface area (Å²) in [6.45, 7) is 8.29. The summed E-state index contributed by atoms with van der Waals surface area (Å²) in [5.41, 5.74) is 3.07. The number of hydrogen-bond acceptors (Lipinski definition) is 5. The van der Waals surface area contributed by atoms with Gasteiger partial charge in [-0.2, -0.15) is 4.72 Å². The van der Waals surface area contributed by atoms with Gasteiger partial charge >= 0.3 is 0 Å². The van der Waals surface area contributed by atoms with Crippen molar-refractivity contribution in [3.05, 3.63) is 58.6 Å². The molecular formula is C23H29N3O3S2. The standard InChI is InChI=1S/C23H29N3O3S2/c1-15(2)12-21(23(27)24-11-10-18-7-5-6-16(3)13-18)26-31(28,29)19-8-9-20-22(14-19)30-17(4)25-20/h5-9,13-15,21,26H,10-12H2,1-4H3,(H,24,27)/t21-/m1/s1. The number of nitrogens with zero attached hydrogens (tertiary/aromatic N) is 1. The maximum Gasteiger partial charge on any atom is 0.241 e. The number of aryl methyl sites for hydroxylation is 2. The van der Waals surface area contributed by atoms with Crippen LogP contribution in [0.3, 0.4) is 0 Å². The van der Waals surface area contributed by atoms with Crippen molar-refractivity contribution >= 4 is 37.5 Å². The molecule has 6 nitrogen and oxygen atoms in total. The first kappa shape index (κ1) is 23.4. The van der Waals surface area contributed by atoms with Gasteiger partial charge in [0.2, 0.25) is 15.9 Å². The molecule has 8 heteroatoms. The Balaban J connectivity index is 1.70. The smallest absolute Gasteiger partial charge is 0.241 e. The maximum absolute atomic E-state index is 13.0. The van der Waals surface area contributed by atoms with Gasteiger partial charge in [-0.3, -0.25) is 4.79 Å². The summed E-state index contributed by atoms with van der Waals surface area (Å²) >= 11 is 1.45. The van der Waals surface area contributed by atoms with Crippen molar-refractivity contribution in [1.29, 1.82) is 0 Å². The average Bonchev–Trinajstić information content (AvgIpc) is 3.06. The molecule has 1 heterocycles. The van der Waals surface area contributed by atoms with Gasteiger partial charge in [-0.25, -0.2) is 13.4 Å². The Bertz CT molecular complexity index is 1170. The number of thiazole rings is 1. The molecule has 1 atom stereocenters. The van der Waals surface area contributed by atoms with Gasteiger partial charge in [0.05, 0.1) is 20.1 Å². The minimum atomic E-state index is -3.85. The molecule has 0 bridgehead atoms. The summed E-state index contributed by atoms with van der Waals surface area (Å²) in [5.74, 6) is -0.151. The molecule has 166 valence electrons. The van der Waals surface area contributed by atoms with Crippen molar-refractivity contribution in [1.82, 2.24) is 15.0 Å². The van der Waals surface area contributed by atoms with E-state index in [0.29, 0.717) is 19.4 Å². The van der Waals surface area contributed by atoms with E-state index in [2.05, 4.69) is 21.1 Å². The zero-order chi connectivity index (χ0) is 22.6. The van der Waals surface area contributed by atoms with E-state index in [4.69, 9.17) is 0 Å². The summed E-state index contributed by atoms with van der Waals surface area (Å²) in [7, 11) is -3.85. The van der Waals surface area contributed by atoms with Crippen LogP contribution in [0.25, 0.3) is 10.2 Å². The molecule has 0 aliphatic heterocycles. The Morgan fingerprint density at radius 2 is 1.90 bits per heavy atom. The molecule has 0 fully saturated rings. The number of rotatable bonds is 9. The number of carbonyl (C=O) groups is 1. The van der Waals surface area contributed by atoms with Gasteiger partial charge < -0.3 is 5.32 Å². The molecule has 0 saturated heterocycles. The third-order valence-electron chi connectivity index (χ3n) is 4.89. The summed E-state index contributed by atoms with van der Waals surface area (Å²) in [6.07, 6.45) is 1.10. The number of nitrogens with one attached hydrogen (secondary N) is 2. The second-order valence-electron chi connectivity index (χ2n) is 8.20. The first-order chi connectivity index (χ1) is 14.6. The molecule has 0 saturated carbocycles. The summed E-state index contributed by atoms with van der Waals surface area (Å²) in [4.78, 5) is 17.3. The van der Waals surface area contributed by atoms with Gasteiger partial charge in [-0.15, -0.1) is 11.3 Å². The first-order valence-electron chi connectivity index (χ1n) is 10.4. The zero-order valence-electron chi connectivity index (χ0n) is 18.3. The second-order valence-corrected chi connectivity index (χ2v) is 11.1. The lowest BCUT2D eigenvalue weighted by Crippen LogP contribution is -2.47. The van der Waals surface area contributed by atoms with Crippen LogP contribution in [0.2, 0.25) is 0 Å². The second kappa shape index (κ2) is 9.89. The van der Waals surface area contributed by atoms with Crippen LogP contribution in [0, 0.1) is 19.8 Å². The van der Waals surface area contributed by atoms with Crippen molar-refractivity contribution in [2.45, 2.75) is 51.5 Å². The number of amides is 1. The van der Waals surface area contributed by atoms with Crippen LogP contribution in [0.1, 0.15) is 36.4 Å². The average molecular weight is 460 g/mol. The van der Waals surface area contributed by atoms with Crippen LogP contribution in [0.4, 0.5) is 0 Å². The van der Waals surface area contributed by atoms with Crippen molar-refractivity contribution in [2.75, 3.05) is 6.54 Å². The van der Waals surface area contributed by atoms with E-state index in [1.54, 1.807) is 12.1 Å². The highest BCUT2D eigenvalue weighted by Gasteiger charge is 2.26. The highest BCUT2D eigenvalue weighted by atomic mass is 32.2. The Hall–Kier alpha value is -2.29. The summed E-state index contributed by atoms with van der Waals surface area (Å²) in [6, 6.07) is 12.1. The van der Waals surface area contributed by atoms with Crippen LogP contribution in [0.15, 0.2) is 47.4 Å². The van der Waals surface area contributed by atoms with Gasteiger partial charge in [0.25, 0.3) is 0 Å². The van der Waals surface area contributed by atoms with E-state index in [0.717, 1.165) is 20.8 Å². The number of hydrogen-bond donors (Lipinski definition) is 2. The molecule has 0 aliphatic rings. The Morgan fingerprint density at radius 3 is 2.61 bits per heavy atom. The molecule has 3 aromatic rings. The van der Waals surface area contributed by atoms with E-state index >= 15 is 0 Å². The molecule has 2 N–H and O–H groups in total. The van der Waals surface area contributed by atoms with E-state index < -0.39 is 16.1 Å². The Kier molecular flexibility index (Phi) is 7.46. The molecule has 2 aromatic carbocycles. The fraction of sp³-hybridized carbons (Fsp3) is 0.391. The van der Waals surface area contributed by atoms with Crippen molar-refractivity contribution in [2.24, 2.45) is 5.92 Å². The van der Waals surface area contributed by atoms with Gasteiger partial charge in [-0.05, 0) is 56.4 Å². The normalized spacial score (nSPS) is 12.9. The van der Waals surface area contributed by atoms with E-state index in [-0.39, 0.29) is 16.7 Å². The van der Waals surface area contributed by atoms with Gasteiger partial charge in [0, 0.05) is 6.54 Å². The molecule has 0 unspecified atom stereocenters. The molecule has 31 heavy (non-hydrogen) atoms. The quantitative estimate of drug-likeness (QED) is 0.507. The summed E-state index contributed by atoms with van der Waals surface area (Å²) < 4.78 is 29.4. The molecule has 1 aromatic heterocycles. The van der Waals surface area contributed by atoms with Crippen LogP contribution < -0.4 is 10.0 Å². The minimum absolute atomic E-state index is 0.143. The molecular weight excluding hydrogens is 430 g/mol. The zero-order valence-corrected chi connectivity index (χ0v) is 19.9. The molecule has 0 spiro atoms. The number of carbonyl (C=O) groups excluding carboxylic acids is 1. The van der Waals surface area contributed by atoms with E-state index in [1.807, 2.05) is 45.9 Å². The number of aromatic nitrogens is 1. The predicted octanol–water partition coefficient (Wildman–Crippen LogP) is 3.97. The van der Waals surface area contributed by atoms with E-state index in [1.165, 1.54) is 23.0 Å². The van der Waals surface area contributed by atoms with Crippen LogP contribution in [0.5, 0.6) is 0 Å². The molecule has 0 aliphatic carbocycles. The third-order valence-corrected chi connectivity index (χ3v) is 7.30. The van der Waals surface area contributed by atoms with Crippen LogP contribution in [-0.2, 0) is 21.2 Å². The van der Waals surface area contributed by atoms with Gasteiger partial charge in [-0.1, -0.05) is 43.7 Å². The topological polar surface area (TPSA) is 88.2 Å². The largest absolute Gasteiger partial charge is 0.354 e. The molecule has 1 amide bonds. The van der Waals surface area contributed by atoms with Crippen molar-refractivity contribution in [3.63, 3.8) is 0 Å². The Morgan fingerprint density at radius 1 is 1.13 bits per heavy atom. The lowest BCUT2D eigenvalue weighted by Gasteiger charge is -2.20. The highest BCUT2D eigenvalue weighted by molar-refractivity contribution is 7.89. The van der Waals surface area contributed by atoms with E-state index in [9.17, 15) is 13.2 Å². The monoisotopic (exact) mass is 459 g/mol.